The monoisotopic (exact) mass is 374 g/mol. The summed E-state index contributed by atoms with van der Waals surface area (Å²) in [6.45, 7) is 2.28. The highest BCUT2D eigenvalue weighted by Crippen LogP contribution is 2.19. The fourth-order valence-electron chi connectivity index (χ4n) is 2.81. The fourth-order valence-corrected chi connectivity index (χ4v) is 2.81. The van der Waals surface area contributed by atoms with Crippen LogP contribution in [0.5, 0.6) is 5.75 Å². The fraction of sp³-hybridized carbons (Fsp3) is 0.130. The number of rotatable bonds is 6. The molecule has 0 aliphatic carbocycles. The van der Waals surface area contributed by atoms with Gasteiger partial charge in [0.15, 0.2) is 0 Å². The second-order valence-electron chi connectivity index (χ2n) is 6.36. The zero-order valence-corrected chi connectivity index (χ0v) is 15.9. The van der Waals surface area contributed by atoms with Crippen LogP contribution in [0.4, 0.5) is 5.69 Å². The van der Waals surface area contributed by atoms with E-state index in [0.29, 0.717) is 29.1 Å². The van der Waals surface area contributed by atoms with Crippen molar-refractivity contribution in [3.05, 3.63) is 95.1 Å². The quantitative estimate of drug-likeness (QED) is 0.680. The molecular weight excluding hydrogens is 352 g/mol. The number of benzene rings is 3. The van der Waals surface area contributed by atoms with Crippen molar-refractivity contribution in [2.75, 3.05) is 12.4 Å². The lowest BCUT2D eigenvalue weighted by atomic mass is 10.1. The average molecular weight is 374 g/mol. The topological polar surface area (TPSA) is 67.4 Å². The van der Waals surface area contributed by atoms with Crippen LogP contribution < -0.4 is 15.4 Å². The van der Waals surface area contributed by atoms with Gasteiger partial charge in [-0.25, -0.2) is 0 Å². The van der Waals surface area contributed by atoms with E-state index in [1.807, 2.05) is 43.3 Å². The Morgan fingerprint density at radius 2 is 1.54 bits per heavy atom. The largest absolute Gasteiger partial charge is 0.496 e. The van der Waals surface area contributed by atoms with E-state index >= 15 is 0 Å². The predicted octanol–water partition coefficient (Wildman–Crippen LogP) is 4.19. The van der Waals surface area contributed by atoms with Crippen LogP contribution in [0.15, 0.2) is 72.8 Å². The Morgan fingerprint density at radius 3 is 2.29 bits per heavy atom. The molecule has 3 rings (SSSR count). The summed E-state index contributed by atoms with van der Waals surface area (Å²) in [6, 6.07) is 21.7. The minimum Gasteiger partial charge on any atom is -0.496 e. The third kappa shape index (κ3) is 4.57. The standard InChI is InChI=1S/C23H22N2O3/c1-16-11-13-17(14-12-16)22(26)25-20-9-5-4-8-19(20)23(27)24-15-18-7-3-6-10-21(18)28-2/h3-14H,15H2,1-2H3,(H,24,27)(H,25,26). The number of carbonyl (C=O) groups is 2. The third-order valence-corrected chi connectivity index (χ3v) is 4.37. The van der Waals surface area contributed by atoms with Crippen LogP contribution in [-0.2, 0) is 6.54 Å². The summed E-state index contributed by atoms with van der Waals surface area (Å²) < 4.78 is 5.31. The average Bonchev–Trinajstić information content (AvgIpc) is 2.73. The molecule has 0 aliphatic heterocycles. The van der Waals surface area contributed by atoms with Gasteiger partial charge >= 0.3 is 0 Å². The van der Waals surface area contributed by atoms with Gasteiger partial charge in [-0.05, 0) is 37.3 Å². The maximum atomic E-state index is 12.7. The van der Waals surface area contributed by atoms with Gasteiger partial charge < -0.3 is 15.4 Å². The molecule has 5 heteroatoms. The summed E-state index contributed by atoms with van der Waals surface area (Å²) in [7, 11) is 1.59. The van der Waals surface area contributed by atoms with E-state index < -0.39 is 0 Å². The maximum Gasteiger partial charge on any atom is 0.255 e. The SMILES string of the molecule is COc1ccccc1CNC(=O)c1ccccc1NC(=O)c1ccc(C)cc1. The molecule has 0 spiro atoms. The van der Waals surface area contributed by atoms with Gasteiger partial charge in [-0.15, -0.1) is 0 Å². The van der Waals surface area contributed by atoms with Crippen LogP contribution in [0.25, 0.3) is 0 Å². The molecule has 3 aromatic rings. The van der Waals surface area contributed by atoms with Crippen LogP contribution in [-0.4, -0.2) is 18.9 Å². The zero-order valence-electron chi connectivity index (χ0n) is 15.9. The smallest absolute Gasteiger partial charge is 0.255 e. The molecule has 3 aromatic carbocycles. The number of amides is 2. The van der Waals surface area contributed by atoms with Gasteiger partial charge in [0.25, 0.3) is 11.8 Å². The summed E-state index contributed by atoms with van der Waals surface area (Å²) in [6.07, 6.45) is 0. The maximum absolute atomic E-state index is 12.7. The Bertz CT molecular complexity index is 981. The first-order valence-corrected chi connectivity index (χ1v) is 8.95. The Hall–Kier alpha value is -3.60. The molecule has 0 fully saturated rings. The lowest BCUT2D eigenvalue weighted by Crippen LogP contribution is -2.25. The van der Waals surface area contributed by atoms with Gasteiger partial charge in [0.05, 0.1) is 18.4 Å². The molecule has 0 bridgehead atoms. The first kappa shape index (κ1) is 19.2. The van der Waals surface area contributed by atoms with E-state index in [1.54, 1.807) is 43.5 Å². The van der Waals surface area contributed by atoms with Crippen LogP contribution >= 0.6 is 0 Å². The van der Waals surface area contributed by atoms with Crippen LogP contribution in [0.1, 0.15) is 31.8 Å². The summed E-state index contributed by atoms with van der Waals surface area (Å²) in [4.78, 5) is 25.2. The number of anilines is 1. The molecule has 2 amide bonds. The van der Waals surface area contributed by atoms with Crippen molar-refractivity contribution in [1.82, 2.24) is 5.32 Å². The molecule has 0 aliphatic rings. The van der Waals surface area contributed by atoms with Crippen molar-refractivity contribution < 1.29 is 14.3 Å². The number of hydrogen-bond donors (Lipinski definition) is 2. The van der Waals surface area contributed by atoms with Crippen LogP contribution in [0, 0.1) is 6.92 Å². The summed E-state index contributed by atoms with van der Waals surface area (Å²) in [5.41, 5.74) is 3.35. The Balaban J connectivity index is 1.73. The van der Waals surface area contributed by atoms with E-state index in [2.05, 4.69) is 10.6 Å². The van der Waals surface area contributed by atoms with Crippen molar-refractivity contribution in [2.24, 2.45) is 0 Å². The Morgan fingerprint density at radius 1 is 0.857 bits per heavy atom. The van der Waals surface area contributed by atoms with Crippen molar-refractivity contribution in [3.63, 3.8) is 0 Å². The second kappa shape index (κ2) is 8.86. The first-order chi connectivity index (χ1) is 13.6. The zero-order chi connectivity index (χ0) is 19.9. The highest BCUT2D eigenvalue weighted by molar-refractivity contribution is 6.09. The Labute approximate surface area is 164 Å². The molecule has 0 saturated carbocycles. The summed E-state index contributed by atoms with van der Waals surface area (Å²) >= 11 is 0. The molecular formula is C23H22N2O3. The molecule has 5 nitrogen and oxygen atoms in total. The van der Waals surface area contributed by atoms with E-state index in [9.17, 15) is 9.59 Å². The minimum absolute atomic E-state index is 0.259. The number of para-hydroxylation sites is 2. The third-order valence-electron chi connectivity index (χ3n) is 4.37. The lowest BCUT2D eigenvalue weighted by Gasteiger charge is -2.13. The number of methoxy groups -OCH3 is 1. The van der Waals surface area contributed by atoms with Crippen molar-refractivity contribution in [1.29, 1.82) is 0 Å². The summed E-state index contributed by atoms with van der Waals surface area (Å²) in [5.74, 6) is 0.180. The van der Waals surface area contributed by atoms with E-state index in [1.165, 1.54) is 0 Å². The molecule has 0 radical (unpaired) electrons. The number of carbonyl (C=O) groups excluding carboxylic acids is 2. The van der Waals surface area contributed by atoms with E-state index in [4.69, 9.17) is 4.74 Å². The van der Waals surface area contributed by atoms with Gasteiger partial charge in [-0.3, -0.25) is 9.59 Å². The lowest BCUT2D eigenvalue weighted by molar-refractivity contribution is 0.0951. The van der Waals surface area contributed by atoms with Gasteiger partial charge in [0.2, 0.25) is 0 Å². The highest BCUT2D eigenvalue weighted by Gasteiger charge is 2.14. The highest BCUT2D eigenvalue weighted by atomic mass is 16.5. The molecule has 2 N–H and O–H groups in total. The van der Waals surface area contributed by atoms with Crippen LogP contribution in [0.2, 0.25) is 0 Å². The number of aryl methyl sites for hydroxylation is 1. The normalized spacial score (nSPS) is 10.2. The van der Waals surface area contributed by atoms with Crippen LogP contribution in [0.3, 0.4) is 0 Å². The molecule has 0 atom stereocenters. The molecule has 0 unspecified atom stereocenters. The first-order valence-electron chi connectivity index (χ1n) is 8.95. The molecule has 28 heavy (non-hydrogen) atoms. The number of nitrogens with one attached hydrogen (secondary N) is 2. The second-order valence-corrected chi connectivity index (χ2v) is 6.36. The van der Waals surface area contributed by atoms with Gasteiger partial charge in [0, 0.05) is 17.7 Å². The molecule has 0 heterocycles. The number of hydrogen-bond acceptors (Lipinski definition) is 3. The van der Waals surface area contributed by atoms with Gasteiger partial charge in [-0.1, -0.05) is 48.0 Å². The predicted molar refractivity (Wildman–Crippen MR) is 110 cm³/mol. The van der Waals surface area contributed by atoms with Crippen molar-refractivity contribution in [3.8, 4) is 5.75 Å². The molecule has 0 aromatic heterocycles. The van der Waals surface area contributed by atoms with E-state index in [0.717, 1.165) is 11.1 Å². The van der Waals surface area contributed by atoms with Gasteiger partial charge in [0.1, 0.15) is 5.75 Å². The van der Waals surface area contributed by atoms with E-state index in [-0.39, 0.29) is 11.8 Å². The minimum atomic E-state index is -0.272. The summed E-state index contributed by atoms with van der Waals surface area (Å²) in [5, 5.41) is 5.70. The Kier molecular flexibility index (Phi) is 6.07. The molecule has 0 saturated heterocycles. The van der Waals surface area contributed by atoms with Crippen molar-refractivity contribution in [2.45, 2.75) is 13.5 Å². The molecule has 142 valence electrons. The van der Waals surface area contributed by atoms with Crippen molar-refractivity contribution >= 4 is 17.5 Å². The number of ether oxygens (including phenoxy) is 1. The van der Waals surface area contributed by atoms with Gasteiger partial charge in [-0.2, -0.15) is 0 Å².